The van der Waals surface area contributed by atoms with E-state index in [4.69, 9.17) is 11.6 Å². The molecule has 3 rings (SSSR count). The van der Waals surface area contributed by atoms with Crippen LogP contribution >= 0.6 is 23.4 Å². The molecule has 0 spiro atoms. The Labute approximate surface area is 183 Å². The Morgan fingerprint density at radius 2 is 1.83 bits per heavy atom. The number of amides is 2. The van der Waals surface area contributed by atoms with Gasteiger partial charge < -0.3 is 5.11 Å². The van der Waals surface area contributed by atoms with Crippen LogP contribution in [0, 0.1) is 0 Å². The first-order chi connectivity index (χ1) is 14.2. The molecule has 1 N–H and O–H groups in total. The molecular weight excluding hydrogens is 426 g/mol. The van der Waals surface area contributed by atoms with Gasteiger partial charge in [-0.1, -0.05) is 47.6 Å². The lowest BCUT2D eigenvalue weighted by molar-refractivity contribution is -0.792. The molecule has 30 heavy (non-hydrogen) atoms. The van der Waals surface area contributed by atoms with E-state index in [9.17, 15) is 24.3 Å². The number of thioether (sulfide) groups is 1. The van der Waals surface area contributed by atoms with E-state index in [1.165, 1.54) is 6.92 Å². The third kappa shape index (κ3) is 4.02. The van der Waals surface area contributed by atoms with Crippen LogP contribution in [0.25, 0.3) is 10.8 Å². The van der Waals surface area contributed by atoms with Crippen molar-refractivity contribution in [2.45, 2.75) is 44.4 Å². The minimum atomic E-state index is -1.21. The molecule has 0 aliphatic carbocycles. The minimum Gasteiger partial charge on any atom is -0.435 e. The number of rotatable bonds is 5. The maximum Gasteiger partial charge on any atom is 0.521 e. The lowest BCUT2D eigenvalue weighted by Gasteiger charge is -2.30. The lowest BCUT2D eigenvalue weighted by atomic mass is 9.98. The second-order valence-corrected chi connectivity index (χ2v) is 9.35. The first kappa shape index (κ1) is 22.5. The van der Waals surface area contributed by atoms with Gasteiger partial charge >= 0.3 is 12.0 Å². The van der Waals surface area contributed by atoms with Crippen molar-refractivity contribution in [2.24, 2.45) is 0 Å². The molecule has 2 aromatic carbocycles. The van der Waals surface area contributed by atoms with E-state index < -0.39 is 21.7 Å². The van der Waals surface area contributed by atoms with E-state index in [0.29, 0.717) is 34.2 Å². The Hall–Kier alpha value is -2.22. The van der Waals surface area contributed by atoms with E-state index in [-0.39, 0.29) is 29.9 Å². The highest BCUT2D eigenvalue weighted by molar-refractivity contribution is 8.14. The molecule has 1 heterocycles. The van der Waals surface area contributed by atoms with Crippen molar-refractivity contribution in [3.63, 3.8) is 0 Å². The van der Waals surface area contributed by atoms with Gasteiger partial charge in [0.05, 0.1) is 18.2 Å². The van der Waals surface area contributed by atoms with E-state index >= 15 is 0 Å². The lowest BCUT2D eigenvalue weighted by Crippen LogP contribution is -2.59. The molecule has 158 valence electrons. The SMILES string of the molecule is CC(=O)SC(CC(=O)[N+]1(C(=O)O)CCC[C@H]1C)C(=O)c1ccc(Cl)c2ccccc12. The number of quaternary nitrogens is 1. The molecule has 0 bridgehead atoms. The fourth-order valence-corrected chi connectivity index (χ4v) is 5.29. The molecule has 2 aromatic rings. The van der Waals surface area contributed by atoms with E-state index in [2.05, 4.69) is 0 Å². The number of likely N-dealkylation sites (tertiary alicyclic amines) is 1. The standard InChI is InChI=1S/C22H22ClNO5S/c1-13-6-5-11-24(13,22(28)29)20(26)12-19(30-14(2)25)21(27)17-9-10-18(23)16-8-4-3-7-15(16)17/h3-4,7-10,13,19H,5-6,11-12H2,1-2H3/p+1/t13-,19?,24?/m1/s1. The summed E-state index contributed by atoms with van der Waals surface area (Å²) < 4.78 is -0.691. The fourth-order valence-electron chi connectivity index (χ4n) is 4.20. The van der Waals surface area contributed by atoms with Crippen LogP contribution in [0.4, 0.5) is 4.79 Å². The minimum absolute atomic E-state index is 0.199. The highest BCUT2D eigenvalue weighted by Gasteiger charge is 2.53. The third-order valence-corrected chi connectivity index (χ3v) is 7.10. The summed E-state index contributed by atoms with van der Waals surface area (Å²) in [5, 5.41) is 10.3. The third-order valence-electron chi connectivity index (χ3n) is 5.77. The van der Waals surface area contributed by atoms with Crippen molar-refractivity contribution >= 4 is 57.0 Å². The number of hydrogen-bond donors (Lipinski definition) is 1. The van der Waals surface area contributed by atoms with Gasteiger partial charge in [0, 0.05) is 35.7 Å². The normalized spacial score (nSPS) is 22.0. The van der Waals surface area contributed by atoms with Crippen LogP contribution in [0.3, 0.4) is 0 Å². The monoisotopic (exact) mass is 448 g/mol. The van der Waals surface area contributed by atoms with Gasteiger partial charge in [-0.05, 0) is 24.4 Å². The number of fused-ring (bicyclic) bond motifs is 1. The average molecular weight is 449 g/mol. The van der Waals surface area contributed by atoms with Crippen molar-refractivity contribution in [1.82, 2.24) is 0 Å². The summed E-state index contributed by atoms with van der Waals surface area (Å²) in [5.74, 6) is -0.926. The average Bonchev–Trinajstić information content (AvgIpc) is 3.09. The number of imide groups is 1. The Balaban J connectivity index is 1.98. The van der Waals surface area contributed by atoms with Crippen molar-refractivity contribution in [1.29, 1.82) is 0 Å². The smallest absolute Gasteiger partial charge is 0.435 e. The van der Waals surface area contributed by atoms with Gasteiger partial charge in [-0.25, -0.2) is 4.79 Å². The molecule has 8 heteroatoms. The van der Waals surface area contributed by atoms with Crippen molar-refractivity contribution in [3.8, 4) is 0 Å². The van der Waals surface area contributed by atoms with Gasteiger partial charge in [-0.15, -0.1) is 0 Å². The Morgan fingerprint density at radius 3 is 2.40 bits per heavy atom. The second kappa shape index (κ2) is 8.88. The molecule has 0 radical (unpaired) electrons. The summed E-state index contributed by atoms with van der Waals surface area (Å²) in [6.45, 7) is 3.26. The fraction of sp³-hybridized carbons (Fsp3) is 0.364. The molecule has 6 nitrogen and oxygen atoms in total. The highest BCUT2D eigenvalue weighted by Crippen LogP contribution is 2.33. The zero-order valence-corrected chi connectivity index (χ0v) is 18.3. The zero-order chi connectivity index (χ0) is 22.1. The Kier molecular flexibility index (Phi) is 6.65. The topological polar surface area (TPSA) is 88.5 Å². The molecule has 1 aliphatic heterocycles. The van der Waals surface area contributed by atoms with Gasteiger partial charge in [0.1, 0.15) is 6.04 Å². The van der Waals surface area contributed by atoms with Gasteiger partial charge in [0.25, 0.3) is 0 Å². The van der Waals surface area contributed by atoms with Crippen LogP contribution in [-0.2, 0) is 9.59 Å². The van der Waals surface area contributed by atoms with Gasteiger partial charge in [0.15, 0.2) is 10.9 Å². The second-order valence-electron chi connectivity index (χ2n) is 7.57. The molecule has 3 atom stereocenters. The van der Waals surface area contributed by atoms with E-state index in [1.807, 2.05) is 6.07 Å². The summed E-state index contributed by atoms with van der Waals surface area (Å²) in [6, 6.07) is 9.98. The molecular formula is C22H23ClNO5S+. The number of carboxylic acid groups (broad SMARTS) is 1. The van der Waals surface area contributed by atoms with Crippen LogP contribution in [0.2, 0.25) is 5.02 Å². The number of ketones is 1. The summed E-state index contributed by atoms with van der Waals surface area (Å²) in [5.41, 5.74) is 0.359. The number of hydrogen-bond acceptors (Lipinski definition) is 5. The molecule has 2 unspecified atom stereocenters. The first-order valence-corrected chi connectivity index (χ1v) is 11.0. The number of halogens is 1. The molecule has 1 aliphatic rings. The molecule has 0 aromatic heterocycles. The maximum absolute atomic E-state index is 13.4. The highest BCUT2D eigenvalue weighted by atomic mass is 35.5. The number of nitrogens with zero attached hydrogens (tertiary/aromatic N) is 1. The predicted molar refractivity (Wildman–Crippen MR) is 117 cm³/mol. The summed E-state index contributed by atoms with van der Waals surface area (Å²) in [4.78, 5) is 50.4. The van der Waals surface area contributed by atoms with Crippen LogP contribution in [0.15, 0.2) is 36.4 Å². The first-order valence-electron chi connectivity index (χ1n) is 9.71. The number of Topliss-reactive ketones (excluding diaryl/α,β-unsaturated/α-hetero) is 1. The molecule has 2 amide bonds. The van der Waals surface area contributed by atoms with Gasteiger partial charge in [-0.2, -0.15) is 9.28 Å². The number of carbonyl (C=O) groups is 4. The van der Waals surface area contributed by atoms with Gasteiger partial charge in [-0.3, -0.25) is 9.59 Å². The number of benzene rings is 2. The predicted octanol–water partition coefficient (Wildman–Crippen LogP) is 4.92. The Bertz CT molecular complexity index is 1040. The quantitative estimate of drug-likeness (QED) is 0.516. The largest absolute Gasteiger partial charge is 0.521 e. The van der Waals surface area contributed by atoms with Crippen LogP contribution < -0.4 is 0 Å². The van der Waals surface area contributed by atoms with Crippen LogP contribution in [0.5, 0.6) is 0 Å². The molecule has 1 fully saturated rings. The van der Waals surface area contributed by atoms with E-state index in [1.54, 1.807) is 37.3 Å². The molecule has 1 saturated heterocycles. The number of carbonyl (C=O) groups excluding carboxylic acids is 3. The maximum atomic E-state index is 13.4. The molecule has 0 saturated carbocycles. The van der Waals surface area contributed by atoms with Crippen molar-refractivity contribution in [2.75, 3.05) is 6.54 Å². The van der Waals surface area contributed by atoms with Crippen molar-refractivity contribution < 1.29 is 28.8 Å². The Morgan fingerprint density at radius 1 is 1.17 bits per heavy atom. The summed E-state index contributed by atoms with van der Waals surface area (Å²) in [7, 11) is 0. The zero-order valence-electron chi connectivity index (χ0n) is 16.8. The van der Waals surface area contributed by atoms with E-state index in [0.717, 1.165) is 11.8 Å². The van der Waals surface area contributed by atoms with Gasteiger partial charge in [0.2, 0.25) is 0 Å². The summed E-state index contributed by atoms with van der Waals surface area (Å²) >= 11 is 7.01. The van der Waals surface area contributed by atoms with Crippen LogP contribution in [0.1, 0.15) is 43.5 Å². The van der Waals surface area contributed by atoms with Crippen LogP contribution in [-0.4, -0.2) is 50.3 Å². The van der Waals surface area contributed by atoms with Crippen molar-refractivity contribution in [3.05, 3.63) is 47.0 Å². The summed E-state index contributed by atoms with van der Waals surface area (Å²) in [6.07, 6.45) is -0.282.